The Balaban J connectivity index is 1.57. The first-order valence-corrected chi connectivity index (χ1v) is 11.7. The Morgan fingerprint density at radius 1 is 1.22 bits per heavy atom. The standard InChI is InChI=1S/C24H30ClN3O4/c1-13-14(2)23(31-12-20-27-24(30)32-28-20)21(25)15(3)18(13)11-17-9-10-19(29)22(26-17)16-7-5-4-6-8-16/h9-10,13-14,16,29H,4-8,11-12H2,1-3H3,(H,27,28,30). The van der Waals surface area contributed by atoms with Gasteiger partial charge in [-0.3, -0.25) is 14.5 Å². The molecule has 2 aromatic heterocycles. The van der Waals surface area contributed by atoms with Crippen LogP contribution in [0.4, 0.5) is 0 Å². The Hall–Kier alpha value is -2.54. The van der Waals surface area contributed by atoms with Gasteiger partial charge in [-0.1, -0.05) is 55.4 Å². The lowest BCUT2D eigenvalue weighted by Gasteiger charge is -2.32. The number of aromatic nitrogens is 3. The minimum atomic E-state index is -0.610. The maximum absolute atomic E-state index is 11.1. The van der Waals surface area contributed by atoms with Crippen molar-refractivity contribution < 1.29 is 14.4 Å². The molecule has 0 amide bonds. The minimum absolute atomic E-state index is 0.0507. The molecule has 0 bridgehead atoms. The Kier molecular flexibility index (Phi) is 6.74. The van der Waals surface area contributed by atoms with Crippen LogP contribution in [-0.2, 0) is 17.8 Å². The van der Waals surface area contributed by atoms with Gasteiger partial charge < -0.3 is 9.84 Å². The fraction of sp³-hybridized carbons (Fsp3) is 0.542. The molecule has 0 aromatic carbocycles. The lowest BCUT2D eigenvalue weighted by molar-refractivity contribution is 0.144. The zero-order valence-electron chi connectivity index (χ0n) is 18.8. The topological polar surface area (TPSA) is 101 Å². The number of aromatic amines is 1. The number of pyridine rings is 1. The Morgan fingerprint density at radius 2 is 1.97 bits per heavy atom. The van der Waals surface area contributed by atoms with E-state index < -0.39 is 5.76 Å². The number of nitrogens with zero attached hydrogens (tertiary/aromatic N) is 2. The number of allylic oxidation sites excluding steroid dienone is 4. The van der Waals surface area contributed by atoms with Gasteiger partial charge in [0.1, 0.15) is 18.1 Å². The Labute approximate surface area is 192 Å². The van der Waals surface area contributed by atoms with Crippen LogP contribution in [0.3, 0.4) is 0 Å². The molecule has 2 atom stereocenters. The summed E-state index contributed by atoms with van der Waals surface area (Å²) in [5.74, 6) is 1.28. The Bertz CT molecular complexity index is 1090. The number of ether oxygens (including phenoxy) is 1. The summed E-state index contributed by atoms with van der Waals surface area (Å²) in [6.07, 6.45) is 6.51. The van der Waals surface area contributed by atoms with Crippen molar-refractivity contribution in [1.29, 1.82) is 0 Å². The van der Waals surface area contributed by atoms with E-state index in [-0.39, 0.29) is 18.4 Å². The molecular weight excluding hydrogens is 430 g/mol. The van der Waals surface area contributed by atoms with Gasteiger partial charge >= 0.3 is 5.76 Å². The molecular formula is C24H30ClN3O4. The van der Waals surface area contributed by atoms with E-state index in [0.717, 1.165) is 29.8 Å². The maximum atomic E-state index is 11.1. The van der Waals surface area contributed by atoms with Gasteiger partial charge in [0, 0.05) is 24.0 Å². The smallest absolute Gasteiger partial charge is 0.439 e. The van der Waals surface area contributed by atoms with E-state index in [9.17, 15) is 9.90 Å². The number of hydrogen-bond donors (Lipinski definition) is 2. The zero-order chi connectivity index (χ0) is 22.8. The van der Waals surface area contributed by atoms with E-state index >= 15 is 0 Å². The van der Waals surface area contributed by atoms with Crippen LogP contribution in [0.1, 0.15) is 76.0 Å². The molecule has 2 heterocycles. The average molecular weight is 460 g/mol. The summed E-state index contributed by atoms with van der Waals surface area (Å²) in [4.78, 5) is 18.5. The predicted molar refractivity (Wildman–Crippen MR) is 121 cm³/mol. The van der Waals surface area contributed by atoms with Crippen molar-refractivity contribution in [3.63, 3.8) is 0 Å². The van der Waals surface area contributed by atoms with Gasteiger partial charge in [-0.05, 0) is 43.4 Å². The molecule has 2 N–H and O–H groups in total. The molecule has 0 spiro atoms. The fourth-order valence-electron chi connectivity index (χ4n) is 4.83. The maximum Gasteiger partial charge on any atom is 0.439 e. The van der Waals surface area contributed by atoms with Gasteiger partial charge in [0.2, 0.25) is 0 Å². The van der Waals surface area contributed by atoms with E-state index in [1.54, 1.807) is 6.07 Å². The van der Waals surface area contributed by atoms with Crippen LogP contribution in [0.5, 0.6) is 5.75 Å². The van der Waals surface area contributed by atoms with Crippen LogP contribution in [0.25, 0.3) is 0 Å². The second kappa shape index (κ2) is 9.53. The summed E-state index contributed by atoms with van der Waals surface area (Å²) in [6.45, 7) is 6.33. The van der Waals surface area contributed by atoms with Gasteiger partial charge in [0.25, 0.3) is 0 Å². The predicted octanol–water partition coefficient (Wildman–Crippen LogP) is 5.32. The van der Waals surface area contributed by atoms with Crippen molar-refractivity contribution in [2.45, 2.75) is 71.8 Å². The highest BCUT2D eigenvalue weighted by Crippen LogP contribution is 2.42. The zero-order valence-corrected chi connectivity index (χ0v) is 19.5. The highest BCUT2D eigenvalue weighted by atomic mass is 35.5. The van der Waals surface area contributed by atoms with Gasteiger partial charge in [-0.2, -0.15) is 0 Å². The van der Waals surface area contributed by atoms with Crippen LogP contribution in [0.2, 0.25) is 0 Å². The highest BCUT2D eigenvalue weighted by molar-refractivity contribution is 6.32. The van der Waals surface area contributed by atoms with Crippen LogP contribution in [-0.4, -0.2) is 20.2 Å². The monoisotopic (exact) mass is 459 g/mol. The van der Waals surface area contributed by atoms with E-state index in [2.05, 4.69) is 28.5 Å². The van der Waals surface area contributed by atoms with Gasteiger partial charge in [0.05, 0.1) is 10.7 Å². The fourth-order valence-corrected chi connectivity index (χ4v) is 5.18. The number of aromatic hydroxyl groups is 1. The van der Waals surface area contributed by atoms with Crippen LogP contribution in [0, 0.1) is 11.8 Å². The second-order valence-electron chi connectivity index (χ2n) is 8.95. The Morgan fingerprint density at radius 3 is 2.66 bits per heavy atom. The number of halogens is 1. The molecule has 2 unspecified atom stereocenters. The third-order valence-electron chi connectivity index (χ3n) is 6.91. The first-order chi connectivity index (χ1) is 15.3. The first-order valence-electron chi connectivity index (χ1n) is 11.3. The summed E-state index contributed by atoms with van der Waals surface area (Å²) in [5, 5.41) is 14.6. The molecule has 8 heteroatoms. The van der Waals surface area contributed by atoms with Crippen LogP contribution < -0.4 is 5.76 Å². The van der Waals surface area contributed by atoms with Crippen molar-refractivity contribution in [2.75, 3.05) is 0 Å². The number of nitrogens with one attached hydrogen (secondary N) is 1. The summed E-state index contributed by atoms with van der Waals surface area (Å²) in [6, 6.07) is 3.69. The minimum Gasteiger partial charge on any atom is -0.506 e. The van der Waals surface area contributed by atoms with Crippen molar-refractivity contribution in [3.8, 4) is 5.75 Å². The van der Waals surface area contributed by atoms with E-state index in [1.165, 1.54) is 24.8 Å². The molecule has 0 aliphatic heterocycles. The van der Waals surface area contributed by atoms with Crippen molar-refractivity contribution >= 4 is 11.6 Å². The lowest BCUT2D eigenvalue weighted by atomic mass is 9.78. The molecule has 32 heavy (non-hydrogen) atoms. The lowest BCUT2D eigenvalue weighted by Crippen LogP contribution is -2.23. The molecule has 172 valence electrons. The summed E-state index contributed by atoms with van der Waals surface area (Å²) in [7, 11) is 0. The highest BCUT2D eigenvalue weighted by Gasteiger charge is 2.32. The third-order valence-corrected chi connectivity index (χ3v) is 7.38. The van der Waals surface area contributed by atoms with Crippen molar-refractivity contribution in [2.24, 2.45) is 11.8 Å². The molecule has 1 saturated carbocycles. The molecule has 4 rings (SSSR count). The number of hydrogen-bond acceptors (Lipinski definition) is 6. The molecule has 2 aliphatic carbocycles. The first kappa shape index (κ1) is 22.6. The second-order valence-corrected chi connectivity index (χ2v) is 9.33. The largest absolute Gasteiger partial charge is 0.506 e. The molecule has 2 aliphatic rings. The van der Waals surface area contributed by atoms with E-state index in [4.69, 9.17) is 21.3 Å². The van der Waals surface area contributed by atoms with E-state index in [0.29, 0.717) is 34.7 Å². The molecule has 7 nitrogen and oxygen atoms in total. The summed E-state index contributed by atoms with van der Waals surface area (Å²) in [5.41, 5.74) is 3.99. The van der Waals surface area contributed by atoms with Gasteiger partial charge in [-0.15, -0.1) is 0 Å². The number of rotatable bonds is 6. The third kappa shape index (κ3) is 4.63. The van der Waals surface area contributed by atoms with Crippen molar-refractivity contribution in [1.82, 2.24) is 15.1 Å². The molecule has 0 saturated heterocycles. The molecule has 0 radical (unpaired) electrons. The molecule has 1 fully saturated rings. The SMILES string of the molecule is CC1=C(Cc2ccc(O)c(C3CCCCC3)n2)C(C)C(C)C(OCc2noc(=O)[nH]2)=C1Cl. The van der Waals surface area contributed by atoms with Gasteiger partial charge in [0.15, 0.2) is 5.82 Å². The van der Waals surface area contributed by atoms with E-state index in [1.807, 2.05) is 13.0 Å². The van der Waals surface area contributed by atoms with Crippen molar-refractivity contribution in [3.05, 3.63) is 61.8 Å². The number of H-pyrrole nitrogens is 1. The van der Waals surface area contributed by atoms with Crippen LogP contribution in [0.15, 0.2) is 43.4 Å². The molecule has 2 aromatic rings. The quantitative estimate of drug-likeness (QED) is 0.605. The normalized spacial score (nSPS) is 22.5. The van der Waals surface area contributed by atoms with Gasteiger partial charge in [-0.25, -0.2) is 4.79 Å². The summed E-state index contributed by atoms with van der Waals surface area (Å²) >= 11 is 6.72. The summed E-state index contributed by atoms with van der Waals surface area (Å²) < 4.78 is 10.5. The van der Waals surface area contributed by atoms with Crippen LogP contribution >= 0.6 is 11.6 Å². The average Bonchev–Trinajstić information content (AvgIpc) is 3.22.